The molecule has 0 N–H and O–H groups in total. The molecule has 0 unspecified atom stereocenters. The van der Waals surface area contributed by atoms with Crippen molar-refractivity contribution < 1.29 is 38.1 Å². The third-order valence-electron chi connectivity index (χ3n) is 3.40. The van der Waals surface area contributed by atoms with Crippen molar-refractivity contribution in [2.75, 3.05) is 26.4 Å². The molecule has 8 nitrogen and oxygen atoms in total. The van der Waals surface area contributed by atoms with Gasteiger partial charge in [-0.3, -0.25) is 0 Å². The summed E-state index contributed by atoms with van der Waals surface area (Å²) in [6.07, 6.45) is 4.89. The van der Waals surface area contributed by atoms with Crippen LogP contribution in [-0.2, 0) is 38.1 Å². The first-order valence-corrected chi connectivity index (χ1v) is 8.94. The summed E-state index contributed by atoms with van der Waals surface area (Å²) in [7, 11) is 0. The Balaban J connectivity index is 3.57. The largest absolute Gasteiger partial charge is 0.462 e. The van der Waals surface area contributed by atoms with Crippen molar-refractivity contribution in [1.82, 2.24) is 0 Å². The predicted octanol–water partition coefficient (Wildman–Crippen LogP) is 1.96. The van der Waals surface area contributed by atoms with Gasteiger partial charge in [-0.2, -0.15) is 0 Å². The Kier molecular flexibility index (Phi) is 9.42. The summed E-state index contributed by atoms with van der Waals surface area (Å²) in [4.78, 5) is 49.2. The van der Waals surface area contributed by atoms with E-state index < -0.39 is 23.9 Å². The lowest BCUT2D eigenvalue weighted by molar-refractivity contribution is -0.141. The summed E-state index contributed by atoms with van der Waals surface area (Å²) >= 11 is 0. The van der Waals surface area contributed by atoms with Gasteiger partial charge < -0.3 is 18.9 Å². The summed E-state index contributed by atoms with van der Waals surface area (Å²) in [6, 6.07) is 0. The van der Waals surface area contributed by atoms with Gasteiger partial charge in [-0.25, -0.2) is 19.2 Å². The van der Waals surface area contributed by atoms with Gasteiger partial charge >= 0.3 is 23.9 Å². The summed E-state index contributed by atoms with van der Waals surface area (Å²) in [6.45, 7) is 6.83. The molecule has 1 aliphatic rings. The van der Waals surface area contributed by atoms with Gasteiger partial charge in [0.25, 0.3) is 0 Å². The van der Waals surface area contributed by atoms with Crippen LogP contribution >= 0.6 is 0 Å². The van der Waals surface area contributed by atoms with E-state index in [9.17, 15) is 19.2 Å². The monoisotopic (exact) mass is 392 g/mol. The van der Waals surface area contributed by atoms with Gasteiger partial charge in [0.1, 0.15) is 0 Å². The first-order valence-electron chi connectivity index (χ1n) is 8.94. The highest BCUT2D eigenvalue weighted by Gasteiger charge is 2.25. The van der Waals surface area contributed by atoms with Crippen LogP contribution in [0.1, 0.15) is 27.7 Å². The van der Waals surface area contributed by atoms with Crippen molar-refractivity contribution in [2.24, 2.45) is 0 Å². The normalized spacial score (nSPS) is 21.0. The number of carbonyl (C=O) groups excluding carboxylic acids is 4. The van der Waals surface area contributed by atoms with Gasteiger partial charge in [-0.05, 0) is 52.0 Å². The fourth-order valence-electron chi connectivity index (χ4n) is 2.24. The molecule has 0 aliphatic heterocycles. The van der Waals surface area contributed by atoms with Crippen LogP contribution in [0.15, 0.2) is 46.6 Å². The number of hydrogen-bond acceptors (Lipinski definition) is 8. The molecule has 1 aliphatic carbocycles. The minimum Gasteiger partial charge on any atom is -0.462 e. The van der Waals surface area contributed by atoms with Crippen LogP contribution in [-0.4, -0.2) is 50.3 Å². The van der Waals surface area contributed by atoms with Crippen LogP contribution in [0.2, 0.25) is 0 Å². The number of carbonyl (C=O) groups is 4. The van der Waals surface area contributed by atoms with Crippen molar-refractivity contribution in [1.29, 1.82) is 0 Å². The quantitative estimate of drug-likeness (QED) is 0.456. The molecule has 0 bridgehead atoms. The van der Waals surface area contributed by atoms with Crippen molar-refractivity contribution in [3.8, 4) is 0 Å². The molecule has 0 aromatic heterocycles. The van der Waals surface area contributed by atoms with Crippen molar-refractivity contribution in [3.63, 3.8) is 0 Å². The van der Waals surface area contributed by atoms with Crippen LogP contribution in [0.25, 0.3) is 0 Å². The van der Waals surface area contributed by atoms with Gasteiger partial charge in [-0.15, -0.1) is 0 Å². The van der Waals surface area contributed by atoms with Gasteiger partial charge in [0.2, 0.25) is 0 Å². The molecule has 0 aromatic carbocycles. The smallest absolute Gasteiger partial charge is 0.338 e. The van der Waals surface area contributed by atoms with Crippen molar-refractivity contribution in [3.05, 3.63) is 46.6 Å². The molecule has 0 fully saturated rings. The van der Waals surface area contributed by atoms with E-state index in [0.717, 1.165) is 0 Å². The third kappa shape index (κ3) is 5.94. The summed E-state index contributed by atoms with van der Waals surface area (Å²) < 4.78 is 19.9. The zero-order chi connectivity index (χ0) is 21.1. The highest BCUT2D eigenvalue weighted by atomic mass is 16.5. The van der Waals surface area contributed by atoms with E-state index in [4.69, 9.17) is 18.9 Å². The zero-order valence-electron chi connectivity index (χ0n) is 16.4. The van der Waals surface area contributed by atoms with Crippen LogP contribution in [0.5, 0.6) is 0 Å². The SMILES string of the molecule is CCOC(=O)C1=C(C(=O)OCC)/C=C\C(C(=O)OCC)=C(C(=O)OCC)/C=C\1. The molecular weight excluding hydrogens is 368 g/mol. The van der Waals surface area contributed by atoms with Gasteiger partial charge in [-0.1, -0.05) is 0 Å². The number of rotatable bonds is 8. The van der Waals surface area contributed by atoms with Gasteiger partial charge in [0.15, 0.2) is 0 Å². The molecule has 0 spiro atoms. The van der Waals surface area contributed by atoms with E-state index in [-0.39, 0.29) is 48.7 Å². The summed E-state index contributed by atoms with van der Waals surface area (Å²) in [5, 5.41) is 0. The Morgan fingerprint density at radius 2 is 0.679 bits per heavy atom. The van der Waals surface area contributed by atoms with Crippen molar-refractivity contribution >= 4 is 23.9 Å². The molecule has 0 radical (unpaired) electrons. The maximum Gasteiger partial charge on any atom is 0.338 e. The Morgan fingerprint density at radius 1 is 0.500 bits per heavy atom. The molecule has 8 heteroatoms. The summed E-state index contributed by atoms with van der Waals surface area (Å²) in [5.74, 6) is -3.08. The number of hydrogen-bond donors (Lipinski definition) is 0. The zero-order valence-corrected chi connectivity index (χ0v) is 16.4. The van der Waals surface area contributed by atoms with Gasteiger partial charge in [0, 0.05) is 0 Å². The molecular formula is C20H24O8. The highest BCUT2D eigenvalue weighted by Crippen LogP contribution is 2.22. The minimum atomic E-state index is -0.769. The highest BCUT2D eigenvalue weighted by molar-refractivity contribution is 6.08. The second-order valence-electron chi connectivity index (χ2n) is 5.20. The van der Waals surface area contributed by atoms with Gasteiger partial charge in [0.05, 0.1) is 48.7 Å². The van der Waals surface area contributed by atoms with E-state index in [2.05, 4.69) is 0 Å². The predicted molar refractivity (Wildman–Crippen MR) is 98.9 cm³/mol. The number of ether oxygens (including phenoxy) is 4. The van der Waals surface area contributed by atoms with E-state index in [1.54, 1.807) is 27.7 Å². The van der Waals surface area contributed by atoms with Crippen LogP contribution < -0.4 is 0 Å². The van der Waals surface area contributed by atoms with Crippen LogP contribution in [0, 0.1) is 0 Å². The third-order valence-corrected chi connectivity index (χ3v) is 3.40. The Hall–Kier alpha value is -3.16. The first kappa shape index (κ1) is 22.9. The Bertz CT molecular complexity index is 628. The maximum absolute atomic E-state index is 12.3. The van der Waals surface area contributed by atoms with E-state index in [1.807, 2.05) is 0 Å². The van der Waals surface area contributed by atoms with E-state index >= 15 is 0 Å². The fourth-order valence-corrected chi connectivity index (χ4v) is 2.24. The average Bonchev–Trinajstić information content (AvgIpc) is 2.62. The maximum atomic E-state index is 12.3. The molecule has 0 saturated heterocycles. The second kappa shape index (κ2) is 11.5. The standard InChI is InChI=1S/C20H24O8/c1-5-25-17(21)13-9-10-15(19(23)27-7-3)16(20(24)28-8-4)12-11-14(13)18(22)26-6-2/h9-12H,5-8H2,1-4H3/b10-9-,12-11-,13-9?,14-11?,14-13-,15-10?,16-12?,16-15-. The lowest BCUT2D eigenvalue weighted by atomic mass is 9.98. The summed E-state index contributed by atoms with van der Waals surface area (Å²) in [5.41, 5.74) is -0.440. The topological polar surface area (TPSA) is 105 Å². The molecule has 0 amide bonds. The van der Waals surface area contributed by atoms with Crippen LogP contribution in [0.3, 0.4) is 0 Å². The first-order chi connectivity index (χ1) is 13.4. The molecule has 0 saturated carbocycles. The molecule has 28 heavy (non-hydrogen) atoms. The average molecular weight is 392 g/mol. The molecule has 0 atom stereocenters. The second-order valence-corrected chi connectivity index (χ2v) is 5.20. The molecule has 0 aromatic rings. The van der Waals surface area contributed by atoms with E-state index in [1.165, 1.54) is 24.3 Å². The molecule has 0 heterocycles. The number of esters is 4. The van der Waals surface area contributed by atoms with Crippen LogP contribution in [0.4, 0.5) is 0 Å². The minimum absolute atomic E-state index is 0.0879. The van der Waals surface area contributed by atoms with Crippen molar-refractivity contribution in [2.45, 2.75) is 27.7 Å². The van der Waals surface area contributed by atoms with E-state index in [0.29, 0.717) is 0 Å². The molecule has 152 valence electrons. The lowest BCUT2D eigenvalue weighted by Gasteiger charge is -2.13. The Labute approximate surface area is 163 Å². The Morgan fingerprint density at radius 3 is 0.821 bits per heavy atom. The lowest BCUT2D eigenvalue weighted by Crippen LogP contribution is -2.18. The molecule has 1 rings (SSSR count). The fraction of sp³-hybridized carbons (Fsp3) is 0.400.